The van der Waals surface area contributed by atoms with Gasteiger partial charge in [0.25, 0.3) is 0 Å². The molecule has 0 aromatic carbocycles. The van der Waals surface area contributed by atoms with Crippen LogP contribution in [0.2, 0.25) is 0 Å². The van der Waals surface area contributed by atoms with Crippen LogP contribution in [0.15, 0.2) is 12.2 Å². The maximum Gasteiger partial charge on any atom is 0.130 e. The van der Waals surface area contributed by atoms with Gasteiger partial charge in [0.15, 0.2) is 0 Å². The van der Waals surface area contributed by atoms with E-state index in [1.807, 2.05) is 0 Å². The Morgan fingerprint density at radius 1 is 0.968 bits per heavy atom. The van der Waals surface area contributed by atoms with Crippen LogP contribution in [0.4, 0.5) is 0 Å². The van der Waals surface area contributed by atoms with E-state index in [0.717, 1.165) is 42.4 Å². The quantitative estimate of drug-likeness (QED) is 0.421. The molecule has 4 saturated carbocycles. The van der Waals surface area contributed by atoms with Gasteiger partial charge in [-0.1, -0.05) is 40.7 Å². The number of rotatable bonds is 4. The number of hydrogen-bond donors (Lipinski definition) is 1. The van der Waals surface area contributed by atoms with Gasteiger partial charge in [-0.15, -0.1) is 0 Å². The first-order chi connectivity index (χ1) is 14.7. The van der Waals surface area contributed by atoms with Crippen LogP contribution in [0.5, 0.6) is 0 Å². The van der Waals surface area contributed by atoms with Crippen LogP contribution in [0.25, 0.3) is 0 Å². The lowest BCUT2D eigenvalue weighted by atomic mass is 9.42. The van der Waals surface area contributed by atoms with Crippen LogP contribution < -0.4 is 0 Å². The summed E-state index contributed by atoms with van der Waals surface area (Å²) in [5.41, 5.74) is -0.227. The monoisotopic (exact) mass is 428 g/mol. The molecule has 1 N–H and O–H groups in total. The van der Waals surface area contributed by atoms with Crippen molar-refractivity contribution in [3.8, 4) is 0 Å². The Bertz CT molecular complexity index is 776. The van der Waals surface area contributed by atoms with E-state index in [2.05, 4.69) is 46.8 Å². The average Bonchev–Trinajstić information content (AvgIpc) is 3.37. The molecule has 5 aliphatic carbocycles. The van der Waals surface area contributed by atoms with Crippen LogP contribution >= 0.6 is 0 Å². The van der Waals surface area contributed by atoms with E-state index in [1.165, 1.54) is 38.5 Å². The molecule has 2 aliphatic heterocycles. The maximum absolute atomic E-state index is 10.4. The summed E-state index contributed by atoms with van der Waals surface area (Å²) in [6.45, 7) is 12.4. The minimum Gasteiger partial charge on any atom is -0.393 e. The summed E-state index contributed by atoms with van der Waals surface area (Å²) < 4.78 is 0. The summed E-state index contributed by atoms with van der Waals surface area (Å²) in [6.07, 6.45) is 15.2. The topological polar surface area (TPSA) is 38.7 Å². The third-order valence-electron chi connectivity index (χ3n) is 11.8. The third kappa shape index (κ3) is 2.63. The highest BCUT2D eigenvalue weighted by Crippen LogP contribution is 2.73. The van der Waals surface area contributed by atoms with Crippen LogP contribution in [0.3, 0.4) is 0 Å². The molecule has 174 valence electrons. The fourth-order valence-corrected chi connectivity index (χ4v) is 10.1. The number of hydrogen-bond acceptors (Lipinski definition) is 3. The molecule has 7 rings (SSSR count). The van der Waals surface area contributed by atoms with Gasteiger partial charge < -0.3 is 5.11 Å². The van der Waals surface area contributed by atoms with Crippen LogP contribution in [-0.2, 0) is 9.78 Å². The van der Waals surface area contributed by atoms with Crippen molar-refractivity contribution in [1.29, 1.82) is 0 Å². The molecule has 2 bridgehead atoms. The van der Waals surface area contributed by atoms with Crippen molar-refractivity contribution in [3.63, 3.8) is 0 Å². The Hall–Kier alpha value is -0.380. The van der Waals surface area contributed by atoms with E-state index in [4.69, 9.17) is 9.78 Å². The van der Waals surface area contributed by atoms with Crippen LogP contribution in [0.1, 0.15) is 92.4 Å². The van der Waals surface area contributed by atoms with Crippen molar-refractivity contribution >= 4 is 0 Å². The highest BCUT2D eigenvalue weighted by atomic mass is 17.2. The summed E-state index contributed by atoms with van der Waals surface area (Å²) in [4.78, 5) is 12.8. The molecule has 2 heterocycles. The molecule has 3 nitrogen and oxygen atoms in total. The lowest BCUT2D eigenvalue weighted by Crippen LogP contribution is -2.73. The van der Waals surface area contributed by atoms with Gasteiger partial charge in [0, 0.05) is 23.7 Å². The van der Waals surface area contributed by atoms with Gasteiger partial charge in [-0.25, -0.2) is 9.78 Å². The molecule has 2 spiro atoms. The van der Waals surface area contributed by atoms with Crippen molar-refractivity contribution in [2.24, 2.45) is 52.3 Å². The number of fused-ring (bicyclic) bond motifs is 2. The van der Waals surface area contributed by atoms with Crippen molar-refractivity contribution in [2.45, 2.75) is 110 Å². The summed E-state index contributed by atoms with van der Waals surface area (Å²) in [6, 6.07) is 0. The normalized spacial score (nSPS) is 58.0. The second-order valence-corrected chi connectivity index (χ2v) is 13.5. The summed E-state index contributed by atoms with van der Waals surface area (Å²) in [7, 11) is 0. The molecule has 0 aromatic heterocycles. The van der Waals surface area contributed by atoms with Gasteiger partial charge in [-0.3, -0.25) is 0 Å². The van der Waals surface area contributed by atoms with E-state index < -0.39 is 5.60 Å². The standard InChI is InChI=1S/C28H44O3/c1-17(2)14-19-15-21(19)18(3)22-6-7-23-25(22,4)10-9-24-26(5)11-8-20(29)16-27(26)12-13-28(23,24)31-30-27/h12-13,17-24,29H,6-11,14-16H2,1-5H3/t18-,19+,20?,21-,22?,23?,24?,25-,26-,27-,28+/m1/s1. The first kappa shape index (κ1) is 21.2. The largest absolute Gasteiger partial charge is 0.393 e. The number of aliphatic hydroxyl groups is 1. The Kier molecular flexibility index (Phi) is 4.51. The van der Waals surface area contributed by atoms with E-state index >= 15 is 0 Å². The Morgan fingerprint density at radius 3 is 2.48 bits per heavy atom. The van der Waals surface area contributed by atoms with E-state index in [-0.39, 0.29) is 17.1 Å². The highest BCUT2D eigenvalue weighted by molar-refractivity contribution is 5.33. The average molecular weight is 429 g/mol. The lowest BCUT2D eigenvalue weighted by Gasteiger charge is -2.69. The lowest BCUT2D eigenvalue weighted by molar-refractivity contribution is -0.497. The molecule has 5 fully saturated rings. The minimum atomic E-state index is -0.422. The van der Waals surface area contributed by atoms with E-state index in [1.54, 1.807) is 0 Å². The first-order valence-electron chi connectivity index (χ1n) is 13.4. The fraction of sp³-hybridized carbons (Fsp3) is 0.929. The van der Waals surface area contributed by atoms with Crippen molar-refractivity contribution in [2.75, 3.05) is 0 Å². The molecule has 11 atom stereocenters. The number of aliphatic hydroxyl groups excluding tert-OH is 1. The smallest absolute Gasteiger partial charge is 0.130 e. The van der Waals surface area contributed by atoms with Crippen LogP contribution in [0, 0.1) is 52.3 Å². The predicted molar refractivity (Wildman–Crippen MR) is 122 cm³/mol. The summed E-state index contributed by atoms with van der Waals surface area (Å²) >= 11 is 0. The zero-order valence-corrected chi connectivity index (χ0v) is 20.4. The SMILES string of the molecule is CC(C)C[C@H]1C[C@@H]1[C@@H](C)C1CCC2[C@]1(C)CCC1[C@]23C=C[C@]2(CC(O)CC[C@]12C)OO3. The molecule has 4 unspecified atom stereocenters. The van der Waals surface area contributed by atoms with Gasteiger partial charge in [-0.2, -0.15) is 0 Å². The highest BCUT2D eigenvalue weighted by Gasteiger charge is 2.74. The van der Waals surface area contributed by atoms with Crippen molar-refractivity contribution in [1.82, 2.24) is 0 Å². The molecular formula is C28H44O3. The Morgan fingerprint density at radius 2 is 1.77 bits per heavy atom. The fourth-order valence-electron chi connectivity index (χ4n) is 10.1. The van der Waals surface area contributed by atoms with Gasteiger partial charge in [0.2, 0.25) is 0 Å². The Balaban J connectivity index is 1.30. The van der Waals surface area contributed by atoms with Gasteiger partial charge in [-0.05, 0) is 92.4 Å². The maximum atomic E-state index is 10.4. The molecule has 3 heteroatoms. The molecule has 7 aliphatic rings. The van der Waals surface area contributed by atoms with E-state index in [9.17, 15) is 5.11 Å². The molecule has 0 radical (unpaired) electrons. The molecular weight excluding hydrogens is 384 g/mol. The third-order valence-corrected chi connectivity index (χ3v) is 11.8. The summed E-state index contributed by atoms with van der Waals surface area (Å²) in [5.74, 6) is 5.50. The van der Waals surface area contributed by atoms with Crippen molar-refractivity contribution < 1.29 is 14.9 Å². The molecule has 0 amide bonds. The molecule has 1 saturated heterocycles. The predicted octanol–water partition coefficient (Wildman–Crippen LogP) is 6.31. The van der Waals surface area contributed by atoms with Crippen LogP contribution in [-0.4, -0.2) is 22.4 Å². The van der Waals surface area contributed by atoms with Gasteiger partial charge in [0.1, 0.15) is 11.2 Å². The molecule has 0 aromatic rings. The minimum absolute atomic E-state index is 0.0864. The van der Waals surface area contributed by atoms with E-state index in [0.29, 0.717) is 23.7 Å². The first-order valence-corrected chi connectivity index (χ1v) is 13.4. The summed E-state index contributed by atoms with van der Waals surface area (Å²) in [5, 5.41) is 10.4. The zero-order chi connectivity index (χ0) is 21.8. The Labute approximate surface area is 189 Å². The molecule has 31 heavy (non-hydrogen) atoms. The second-order valence-electron chi connectivity index (χ2n) is 13.5. The van der Waals surface area contributed by atoms with Gasteiger partial charge >= 0.3 is 0 Å². The second kappa shape index (κ2) is 6.60. The zero-order valence-electron chi connectivity index (χ0n) is 20.4. The van der Waals surface area contributed by atoms with Gasteiger partial charge in [0.05, 0.1) is 6.10 Å². The van der Waals surface area contributed by atoms with Crippen molar-refractivity contribution in [3.05, 3.63) is 12.2 Å².